The summed E-state index contributed by atoms with van der Waals surface area (Å²) in [6.45, 7) is 0.423. The molecule has 0 saturated heterocycles. The van der Waals surface area contributed by atoms with Crippen molar-refractivity contribution in [2.75, 3.05) is 7.11 Å². The monoisotopic (exact) mass is 307 g/mol. The smallest absolute Gasteiger partial charge is 0.130 e. The van der Waals surface area contributed by atoms with Crippen molar-refractivity contribution >= 4 is 12.3 Å². The summed E-state index contributed by atoms with van der Waals surface area (Å²) < 4.78 is 12.9. The van der Waals surface area contributed by atoms with E-state index in [0.717, 1.165) is 22.8 Å². The first-order chi connectivity index (χ1) is 11.3. The van der Waals surface area contributed by atoms with Gasteiger partial charge in [0.15, 0.2) is 0 Å². The lowest BCUT2D eigenvalue weighted by Crippen LogP contribution is -1.98. The number of ether oxygens (including phenoxy) is 2. The van der Waals surface area contributed by atoms with Crippen molar-refractivity contribution in [1.82, 2.24) is 14.8 Å². The maximum Gasteiger partial charge on any atom is 0.130 e. The molecule has 0 unspecified atom stereocenters. The van der Waals surface area contributed by atoms with Crippen LogP contribution in [0.3, 0.4) is 0 Å². The van der Waals surface area contributed by atoms with Gasteiger partial charge in [0.05, 0.1) is 12.8 Å². The molecule has 116 valence electrons. The number of methoxy groups -OCH3 is 1. The second-order valence-corrected chi connectivity index (χ2v) is 4.82. The average molecular weight is 307 g/mol. The highest BCUT2D eigenvalue weighted by atomic mass is 16.5. The Labute approximate surface area is 134 Å². The van der Waals surface area contributed by atoms with Crippen molar-refractivity contribution in [2.24, 2.45) is 0 Å². The molecule has 0 fully saturated rings. The van der Waals surface area contributed by atoms with Crippen molar-refractivity contribution in [3.8, 4) is 11.5 Å². The van der Waals surface area contributed by atoms with Crippen LogP contribution in [0.4, 0.5) is 0 Å². The molecule has 1 aromatic carbocycles. The second-order valence-electron chi connectivity index (χ2n) is 4.82. The van der Waals surface area contributed by atoms with Gasteiger partial charge in [-0.15, -0.1) is 0 Å². The van der Waals surface area contributed by atoms with Gasteiger partial charge in [-0.05, 0) is 36.4 Å². The molecule has 0 atom stereocenters. The van der Waals surface area contributed by atoms with E-state index in [1.165, 1.54) is 0 Å². The number of hydrogen-bond acceptors (Lipinski definition) is 4. The molecule has 0 aliphatic rings. The normalized spacial score (nSPS) is 10.8. The van der Waals surface area contributed by atoms with Crippen molar-refractivity contribution in [2.45, 2.75) is 6.61 Å². The summed E-state index contributed by atoms with van der Waals surface area (Å²) in [6.07, 6.45) is 9.16. The third-order valence-electron chi connectivity index (χ3n) is 3.25. The summed E-state index contributed by atoms with van der Waals surface area (Å²) in [5.74, 6) is 1.48. The summed E-state index contributed by atoms with van der Waals surface area (Å²) >= 11 is 0. The Kier molecular flexibility index (Phi) is 4.69. The van der Waals surface area contributed by atoms with Crippen LogP contribution in [0.15, 0.2) is 61.1 Å². The lowest BCUT2D eigenvalue weighted by atomic mass is 10.2. The van der Waals surface area contributed by atoms with Gasteiger partial charge in [-0.2, -0.15) is 5.10 Å². The Balaban J connectivity index is 1.71. The molecule has 0 N–H and O–H groups in total. The zero-order valence-electron chi connectivity index (χ0n) is 12.8. The molecule has 0 saturated carbocycles. The van der Waals surface area contributed by atoms with Crippen LogP contribution in [-0.2, 0) is 6.61 Å². The van der Waals surface area contributed by atoms with E-state index in [1.807, 2.05) is 60.9 Å². The Morgan fingerprint density at radius 2 is 2.09 bits per heavy atom. The van der Waals surface area contributed by atoms with E-state index in [2.05, 4.69) is 10.1 Å². The van der Waals surface area contributed by atoms with Gasteiger partial charge >= 0.3 is 0 Å². The van der Waals surface area contributed by atoms with Crippen LogP contribution in [0.5, 0.6) is 11.5 Å². The van der Waals surface area contributed by atoms with E-state index < -0.39 is 0 Å². The average Bonchev–Trinajstić information content (AvgIpc) is 3.13. The van der Waals surface area contributed by atoms with Crippen molar-refractivity contribution < 1.29 is 9.47 Å². The van der Waals surface area contributed by atoms with E-state index in [-0.39, 0.29) is 0 Å². The fourth-order valence-corrected chi connectivity index (χ4v) is 2.09. The Hall–Kier alpha value is -3.08. The highest BCUT2D eigenvalue weighted by Gasteiger charge is 2.04. The van der Waals surface area contributed by atoms with Gasteiger partial charge in [-0.3, -0.25) is 4.98 Å². The first kappa shape index (κ1) is 14.8. The summed E-state index contributed by atoms with van der Waals surface area (Å²) in [5.41, 5.74) is 1.84. The molecule has 0 aliphatic carbocycles. The minimum atomic E-state index is 0.423. The predicted octanol–water partition coefficient (Wildman–Crippen LogP) is 3.49. The summed E-state index contributed by atoms with van der Waals surface area (Å²) in [5, 5.41) is 4.12. The molecule has 0 amide bonds. The van der Waals surface area contributed by atoms with E-state index in [1.54, 1.807) is 24.2 Å². The zero-order chi connectivity index (χ0) is 15.9. The topological polar surface area (TPSA) is 49.2 Å². The molecule has 2 heterocycles. The highest BCUT2D eigenvalue weighted by molar-refractivity contribution is 5.66. The van der Waals surface area contributed by atoms with Crippen molar-refractivity contribution in [1.29, 1.82) is 0 Å². The maximum absolute atomic E-state index is 5.76. The van der Waals surface area contributed by atoms with Gasteiger partial charge in [-0.25, -0.2) is 4.68 Å². The summed E-state index contributed by atoms with van der Waals surface area (Å²) in [6, 6.07) is 13.4. The van der Waals surface area contributed by atoms with Crippen LogP contribution in [0.25, 0.3) is 12.3 Å². The zero-order valence-corrected chi connectivity index (χ0v) is 12.8. The largest absolute Gasteiger partial charge is 0.496 e. The van der Waals surface area contributed by atoms with Crippen LogP contribution in [-0.4, -0.2) is 21.9 Å². The SMILES string of the molecule is COc1cc(OCc2ccccn2)ccc1/C=C/n1cccn1. The van der Waals surface area contributed by atoms with Gasteiger partial charge in [0.2, 0.25) is 0 Å². The minimum Gasteiger partial charge on any atom is -0.496 e. The van der Waals surface area contributed by atoms with Gasteiger partial charge in [0, 0.05) is 36.4 Å². The third-order valence-corrected chi connectivity index (χ3v) is 3.25. The van der Waals surface area contributed by atoms with Crippen LogP contribution in [0.1, 0.15) is 11.3 Å². The molecule has 3 aromatic rings. The number of aromatic nitrogens is 3. The summed E-state index contributed by atoms with van der Waals surface area (Å²) in [4.78, 5) is 4.23. The van der Waals surface area contributed by atoms with Gasteiger partial charge in [0.1, 0.15) is 18.1 Å². The van der Waals surface area contributed by atoms with Crippen molar-refractivity contribution in [3.63, 3.8) is 0 Å². The molecule has 0 spiro atoms. The quantitative estimate of drug-likeness (QED) is 0.699. The van der Waals surface area contributed by atoms with Gasteiger partial charge in [0.25, 0.3) is 0 Å². The molecule has 0 radical (unpaired) electrons. The molecular formula is C18H17N3O2. The maximum atomic E-state index is 5.76. The number of benzene rings is 1. The van der Waals surface area contributed by atoms with E-state index in [4.69, 9.17) is 9.47 Å². The molecule has 5 nitrogen and oxygen atoms in total. The fraction of sp³-hybridized carbons (Fsp3) is 0.111. The second kappa shape index (κ2) is 7.26. The lowest BCUT2D eigenvalue weighted by Gasteiger charge is -2.09. The van der Waals surface area contributed by atoms with Crippen LogP contribution < -0.4 is 9.47 Å². The molecule has 3 rings (SSSR count). The number of nitrogens with zero attached hydrogens (tertiary/aromatic N) is 3. The number of hydrogen-bond donors (Lipinski definition) is 0. The van der Waals surface area contributed by atoms with Gasteiger partial charge in [-0.1, -0.05) is 6.07 Å². The van der Waals surface area contributed by atoms with E-state index >= 15 is 0 Å². The Morgan fingerprint density at radius 1 is 1.13 bits per heavy atom. The van der Waals surface area contributed by atoms with E-state index in [9.17, 15) is 0 Å². The number of pyridine rings is 1. The molecule has 5 heteroatoms. The first-order valence-electron chi connectivity index (χ1n) is 7.23. The first-order valence-corrected chi connectivity index (χ1v) is 7.23. The standard InChI is InChI=1S/C18H17N3O2/c1-22-18-13-17(23-14-16-5-2-3-9-19-16)7-6-15(18)8-12-21-11-4-10-20-21/h2-13H,14H2,1H3/b12-8+. The predicted molar refractivity (Wildman–Crippen MR) is 89.0 cm³/mol. The molecule has 0 bridgehead atoms. The van der Waals surface area contributed by atoms with E-state index in [0.29, 0.717) is 6.61 Å². The van der Waals surface area contributed by atoms with Crippen LogP contribution in [0, 0.1) is 0 Å². The highest BCUT2D eigenvalue weighted by Crippen LogP contribution is 2.26. The number of rotatable bonds is 6. The van der Waals surface area contributed by atoms with Crippen LogP contribution in [0.2, 0.25) is 0 Å². The summed E-state index contributed by atoms with van der Waals surface area (Å²) in [7, 11) is 1.64. The molecule has 0 aliphatic heterocycles. The Bertz CT molecular complexity index is 768. The molecular weight excluding hydrogens is 290 g/mol. The fourth-order valence-electron chi connectivity index (χ4n) is 2.09. The minimum absolute atomic E-state index is 0.423. The molecule has 23 heavy (non-hydrogen) atoms. The third kappa shape index (κ3) is 3.97. The lowest BCUT2D eigenvalue weighted by molar-refractivity contribution is 0.299. The van der Waals surface area contributed by atoms with Crippen molar-refractivity contribution in [3.05, 3.63) is 72.3 Å². The van der Waals surface area contributed by atoms with Gasteiger partial charge < -0.3 is 9.47 Å². The van der Waals surface area contributed by atoms with Crippen LogP contribution >= 0.6 is 0 Å². The molecule has 2 aromatic heterocycles. The Morgan fingerprint density at radius 3 is 2.83 bits per heavy atom.